The molecule has 1 heterocycles. The highest BCUT2D eigenvalue weighted by Gasteiger charge is 2.40. The molecular weight excluding hydrogens is 379 g/mol. The second-order valence-electron chi connectivity index (χ2n) is 5.00. The monoisotopic (exact) mass is 387 g/mol. The van der Waals surface area contributed by atoms with Crippen LogP contribution in [0.5, 0.6) is 5.75 Å². The van der Waals surface area contributed by atoms with Crippen molar-refractivity contribution in [1.82, 2.24) is 5.06 Å². The zero-order valence-electron chi connectivity index (χ0n) is 12.6. The van der Waals surface area contributed by atoms with E-state index in [1.165, 1.54) is 24.3 Å². The average molecular weight is 387 g/mol. The maximum absolute atomic E-state index is 12.2. The van der Waals surface area contributed by atoms with E-state index >= 15 is 0 Å². The topological polar surface area (TPSA) is 90.0 Å². The number of alkyl halides is 3. The highest BCUT2D eigenvalue weighted by molar-refractivity contribution is 7.86. The predicted molar refractivity (Wildman–Crippen MR) is 78.3 cm³/mol. The lowest BCUT2D eigenvalue weighted by Gasteiger charge is -2.13. The van der Waals surface area contributed by atoms with Crippen LogP contribution in [0.3, 0.4) is 0 Å². The van der Waals surface area contributed by atoms with E-state index in [0.29, 0.717) is 0 Å². The van der Waals surface area contributed by atoms with Crippen molar-refractivity contribution in [1.29, 1.82) is 0 Å². The highest BCUT2D eigenvalue weighted by Crippen LogP contribution is 2.27. The zero-order chi connectivity index (χ0) is 19.1. The van der Waals surface area contributed by atoms with Crippen LogP contribution in [0.25, 0.3) is 0 Å². The fourth-order valence-corrected chi connectivity index (χ4v) is 3.07. The summed E-state index contributed by atoms with van der Waals surface area (Å²) >= 11 is 0. The Morgan fingerprint density at radius 2 is 1.35 bits per heavy atom. The predicted octanol–water partition coefficient (Wildman–Crippen LogP) is 2.50. The molecule has 0 aromatic heterocycles. The number of hydroxylamine groups is 2. The van der Waals surface area contributed by atoms with Gasteiger partial charge in [-0.15, -0.1) is 22.5 Å². The molecule has 2 aromatic carbocycles. The molecule has 2 aromatic rings. The molecule has 0 aliphatic carbocycles. The van der Waals surface area contributed by atoms with Crippen LogP contribution in [-0.2, 0) is 14.4 Å². The fourth-order valence-electron chi connectivity index (χ4n) is 2.18. The molecule has 0 bridgehead atoms. The van der Waals surface area contributed by atoms with Gasteiger partial charge in [-0.05, 0) is 36.4 Å². The Kier molecular flexibility index (Phi) is 4.20. The normalized spacial score (nSPS) is 14.5. The van der Waals surface area contributed by atoms with Crippen LogP contribution >= 0.6 is 0 Å². The van der Waals surface area contributed by atoms with Crippen molar-refractivity contribution in [3.05, 3.63) is 59.7 Å². The molecule has 1 aliphatic rings. The van der Waals surface area contributed by atoms with Gasteiger partial charge in [0.25, 0.3) is 11.8 Å². The fraction of sp³-hybridized carbons (Fsp3) is 0.0667. The lowest BCUT2D eigenvalue weighted by molar-refractivity contribution is -0.274. The number of fused-ring (bicyclic) bond motifs is 1. The number of halogens is 3. The van der Waals surface area contributed by atoms with Gasteiger partial charge in [-0.3, -0.25) is 9.59 Å². The summed E-state index contributed by atoms with van der Waals surface area (Å²) in [5, 5.41) is 0.0835. The minimum Gasteiger partial charge on any atom is -0.406 e. The SMILES string of the molecule is O=C1c2ccccc2C(=O)N1OS(=O)(=O)c1ccc(OC(F)(F)F)cc1. The van der Waals surface area contributed by atoms with Gasteiger partial charge in [0.15, 0.2) is 0 Å². The maximum atomic E-state index is 12.2. The molecular formula is C15H8F3NO6S. The van der Waals surface area contributed by atoms with Crippen molar-refractivity contribution >= 4 is 21.9 Å². The third-order valence-electron chi connectivity index (χ3n) is 3.28. The first kappa shape index (κ1) is 17.9. The summed E-state index contributed by atoms with van der Waals surface area (Å²) in [6, 6.07) is 8.72. The molecule has 136 valence electrons. The van der Waals surface area contributed by atoms with E-state index in [1.807, 2.05) is 0 Å². The molecule has 0 atom stereocenters. The molecule has 0 unspecified atom stereocenters. The second kappa shape index (κ2) is 6.11. The summed E-state index contributed by atoms with van der Waals surface area (Å²) < 4.78 is 68.9. The third-order valence-corrected chi connectivity index (χ3v) is 4.47. The summed E-state index contributed by atoms with van der Waals surface area (Å²) in [6.45, 7) is 0. The maximum Gasteiger partial charge on any atom is 0.573 e. The van der Waals surface area contributed by atoms with Gasteiger partial charge in [-0.1, -0.05) is 12.1 Å². The first-order valence-corrected chi connectivity index (χ1v) is 8.27. The van der Waals surface area contributed by atoms with Gasteiger partial charge >= 0.3 is 16.5 Å². The van der Waals surface area contributed by atoms with Crippen LogP contribution in [0, 0.1) is 0 Å². The van der Waals surface area contributed by atoms with Crippen molar-refractivity contribution in [3.8, 4) is 5.75 Å². The van der Waals surface area contributed by atoms with E-state index in [4.69, 9.17) is 0 Å². The molecule has 2 amide bonds. The van der Waals surface area contributed by atoms with E-state index in [1.54, 1.807) is 0 Å². The quantitative estimate of drug-likeness (QED) is 0.749. The van der Waals surface area contributed by atoms with E-state index in [0.717, 1.165) is 24.3 Å². The van der Waals surface area contributed by atoms with Crippen LogP contribution in [-0.4, -0.2) is 31.7 Å². The molecule has 0 N–H and O–H groups in total. The van der Waals surface area contributed by atoms with Gasteiger partial charge in [0.05, 0.1) is 16.0 Å². The summed E-state index contributed by atoms with van der Waals surface area (Å²) in [7, 11) is -4.64. The minimum absolute atomic E-state index is 0.0263. The number of nitrogens with zero attached hydrogens (tertiary/aromatic N) is 1. The molecule has 0 spiro atoms. The van der Waals surface area contributed by atoms with Gasteiger partial charge in [-0.2, -0.15) is 8.42 Å². The number of carbonyl (C=O) groups excluding carboxylic acids is 2. The van der Waals surface area contributed by atoms with Gasteiger partial charge < -0.3 is 4.74 Å². The number of benzene rings is 2. The molecule has 3 rings (SSSR count). The Bertz CT molecular complexity index is 950. The number of hydrogen-bond acceptors (Lipinski definition) is 6. The number of hydrogen-bond donors (Lipinski definition) is 0. The van der Waals surface area contributed by atoms with E-state index in [-0.39, 0.29) is 16.2 Å². The molecule has 0 radical (unpaired) electrons. The Balaban J connectivity index is 1.82. The lowest BCUT2D eigenvalue weighted by atomic mass is 10.1. The zero-order valence-corrected chi connectivity index (χ0v) is 13.4. The molecule has 26 heavy (non-hydrogen) atoms. The molecule has 0 saturated heterocycles. The third kappa shape index (κ3) is 3.39. The summed E-state index contributed by atoms with van der Waals surface area (Å²) in [5.74, 6) is -2.57. The Hall–Kier alpha value is -2.92. The lowest BCUT2D eigenvalue weighted by Crippen LogP contribution is -2.32. The van der Waals surface area contributed by atoms with Crippen molar-refractivity contribution < 1.29 is 40.2 Å². The smallest absolute Gasteiger partial charge is 0.406 e. The van der Waals surface area contributed by atoms with Gasteiger partial charge in [-0.25, -0.2) is 0 Å². The van der Waals surface area contributed by atoms with Crippen LogP contribution in [0.15, 0.2) is 53.4 Å². The Labute approximate surface area is 144 Å². The first-order valence-electron chi connectivity index (χ1n) is 6.87. The molecule has 7 nitrogen and oxygen atoms in total. The number of ether oxygens (including phenoxy) is 1. The van der Waals surface area contributed by atoms with Gasteiger partial charge in [0, 0.05) is 0 Å². The van der Waals surface area contributed by atoms with Crippen molar-refractivity contribution in [2.75, 3.05) is 0 Å². The Morgan fingerprint density at radius 3 is 1.81 bits per heavy atom. The van der Waals surface area contributed by atoms with E-state index in [9.17, 15) is 31.2 Å². The van der Waals surface area contributed by atoms with Crippen molar-refractivity contribution in [2.45, 2.75) is 11.3 Å². The Morgan fingerprint density at radius 1 is 0.846 bits per heavy atom. The highest BCUT2D eigenvalue weighted by atomic mass is 32.2. The summed E-state index contributed by atoms with van der Waals surface area (Å²) in [5.41, 5.74) is -0.0525. The number of imide groups is 1. The number of amides is 2. The second-order valence-corrected chi connectivity index (χ2v) is 6.53. The van der Waals surface area contributed by atoms with Gasteiger partial charge in [0.2, 0.25) is 0 Å². The van der Waals surface area contributed by atoms with Crippen LogP contribution in [0.4, 0.5) is 13.2 Å². The van der Waals surface area contributed by atoms with E-state index < -0.39 is 38.9 Å². The standard InChI is InChI=1S/C15H8F3NO6S/c16-15(17,18)24-9-5-7-10(8-6-9)26(22,23)25-19-13(20)11-3-1-2-4-12(11)14(19)21/h1-8H. The summed E-state index contributed by atoms with van der Waals surface area (Å²) in [6.07, 6.45) is -4.93. The number of rotatable bonds is 4. The largest absolute Gasteiger partial charge is 0.573 e. The van der Waals surface area contributed by atoms with Crippen molar-refractivity contribution in [3.63, 3.8) is 0 Å². The van der Waals surface area contributed by atoms with Gasteiger partial charge in [0.1, 0.15) is 5.75 Å². The number of carbonyl (C=O) groups is 2. The van der Waals surface area contributed by atoms with E-state index in [2.05, 4.69) is 9.02 Å². The summed E-state index contributed by atoms with van der Waals surface area (Å²) in [4.78, 5) is 23.6. The van der Waals surface area contributed by atoms with Crippen molar-refractivity contribution in [2.24, 2.45) is 0 Å². The molecule has 1 aliphatic heterocycles. The average Bonchev–Trinajstić information content (AvgIpc) is 2.79. The molecule has 0 saturated carbocycles. The van der Waals surface area contributed by atoms with Crippen LogP contribution < -0.4 is 4.74 Å². The first-order chi connectivity index (χ1) is 12.1. The van der Waals surface area contributed by atoms with Crippen LogP contribution in [0.1, 0.15) is 20.7 Å². The minimum atomic E-state index is -4.93. The molecule has 11 heteroatoms. The van der Waals surface area contributed by atoms with Crippen LogP contribution in [0.2, 0.25) is 0 Å². The molecule has 0 fully saturated rings.